The highest BCUT2D eigenvalue weighted by atomic mass is 19.1. The third kappa shape index (κ3) is 2.12. The topological polar surface area (TPSA) is 55.1 Å². The molecular weight excluding hydrogens is 267 g/mol. The number of rotatable bonds is 2. The first-order valence-electron chi connectivity index (χ1n) is 7.60. The van der Waals surface area contributed by atoms with Crippen molar-refractivity contribution < 1.29 is 9.18 Å². The SMILES string of the molecule is CC12CCC(C1)C(C)(C)C2NC(=O)c1cc(N)ccc1F. The summed E-state index contributed by atoms with van der Waals surface area (Å²) in [7, 11) is 0. The second kappa shape index (κ2) is 4.46. The van der Waals surface area contributed by atoms with E-state index in [1.54, 1.807) is 0 Å². The van der Waals surface area contributed by atoms with Gasteiger partial charge in [-0.3, -0.25) is 4.79 Å². The third-order valence-corrected chi connectivity index (χ3v) is 5.78. The third-order valence-electron chi connectivity index (χ3n) is 5.78. The lowest BCUT2D eigenvalue weighted by molar-refractivity contribution is 0.0734. The minimum absolute atomic E-state index is 0.0390. The van der Waals surface area contributed by atoms with E-state index >= 15 is 0 Å². The van der Waals surface area contributed by atoms with Gasteiger partial charge in [-0.05, 0) is 54.2 Å². The van der Waals surface area contributed by atoms with Crippen molar-refractivity contribution >= 4 is 11.6 Å². The quantitative estimate of drug-likeness (QED) is 0.821. The molecule has 2 saturated carbocycles. The lowest BCUT2D eigenvalue weighted by atomic mass is 9.68. The molecule has 2 bridgehead atoms. The molecular formula is C17H23FN2O. The number of carbonyl (C=O) groups excluding carboxylic acids is 1. The Balaban J connectivity index is 1.86. The molecule has 1 aromatic rings. The van der Waals surface area contributed by atoms with Crippen molar-refractivity contribution in [1.82, 2.24) is 5.32 Å². The van der Waals surface area contributed by atoms with Crippen LogP contribution in [-0.4, -0.2) is 11.9 Å². The van der Waals surface area contributed by atoms with E-state index in [-0.39, 0.29) is 28.3 Å². The zero-order valence-electron chi connectivity index (χ0n) is 12.9. The molecule has 0 aromatic heterocycles. The predicted molar refractivity (Wildman–Crippen MR) is 81.3 cm³/mol. The van der Waals surface area contributed by atoms with Crippen molar-refractivity contribution in [2.24, 2.45) is 16.7 Å². The Hall–Kier alpha value is -1.58. The molecule has 2 fully saturated rings. The van der Waals surface area contributed by atoms with Crippen LogP contribution in [0.2, 0.25) is 0 Å². The Kier molecular flexibility index (Phi) is 3.05. The van der Waals surface area contributed by atoms with Gasteiger partial charge in [0.25, 0.3) is 5.91 Å². The maximum Gasteiger partial charge on any atom is 0.254 e. The standard InChI is InChI=1S/C17H23FN2O/c1-16(2)10-6-7-17(3,9-10)15(16)20-14(21)12-8-11(19)4-5-13(12)18/h4-5,8,10,15H,6-7,9,19H2,1-3H3,(H,20,21). The van der Waals surface area contributed by atoms with Gasteiger partial charge < -0.3 is 11.1 Å². The minimum atomic E-state index is -0.521. The van der Waals surface area contributed by atoms with Crippen molar-refractivity contribution in [3.63, 3.8) is 0 Å². The van der Waals surface area contributed by atoms with E-state index in [0.717, 1.165) is 12.8 Å². The van der Waals surface area contributed by atoms with Crippen LogP contribution in [0.15, 0.2) is 18.2 Å². The minimum Gasteiger partial charge on any atom is -0.399 e. The molecule has 21 heavy (non-hydrogen) atoms. The highest BCUT2D eigenvalue weighted by Gasteiger charge is 2.59. The molecule has 0 heterocycles. The van der Waals surface area contributed by atoms with E-state index in [1.165, 1.54) is 24.6 Å². The lowest BCUT2D eigenvalue weighted by Gasteiger charge is -2.43. The molecule has 1 aromatic carbocycles. The van der Waals surface area contributed by atoms with Crippen LogP contribution in [0, 0.1) is 22.6 Å². The fraction of sp³-hybridized carbons (Fsp3) is 0.588. The first kappa shape index (κ1) is 14.4. The van der Waals surface area contributed by atoms with Gasteiger partial charge in [-0.2, -0.15) is 0 Å². The number of halogens is 1. The van der Waals surface area contributed by atoms with Crippen LogP contribution in [0.3, 0.4) is 0 Å². The molecule has 3 rings (SSSR count). The number of hydrogen-bond acceptors (Lipinski definition) is 2. The number of carbonyl (C=O) groups is 1. The zero-order valence-corrected chi connectivity index (χ0v) is 12.9. The van der Waals surface area contributed by atoms with E-state index < -0.39 is 5.82 Å². The van der Waals surface area contributed by atoms with Gasteiger partial charge >= 0.3 is 0 Å². The van der Waals surface area contributed by atoms with Gasteiger partial charge in [0.1, 0.15) is 5.82 Å². The second-order valence-electron chi connectivity index (χ2n) is 7.56. The predicted octanol–water partition coefficient (Wildman–Crippen LogP) is 3.35. The van der Waals surface area contributed by atoms with Gasteiger partial charge in [-0.15, -0.1) is 0 Å². The Morgan fingerprint density at radius 1 is 1.38 bits per heavy atom. The van der Waals surface area contributed by atoms with E-state index in [4.69, 9.17) is 5.73 Å². The van der Waals surface area contributed by atoms with Gasteiger partial charge in [0.15, 0.2) is 0 Å². The molecule has 2 aliphatic carbocycles. The van der Waals surface area contributed by atoms with Crippen molar-refractivity contribution in [1.29, 1.82) is 0 Å². The number of nitrogens with one attached hydrogen (secondary N) is 1. The molecule has 3 unspecified atom stereocenters. The zero-order chi connectivity index (χ0) is 15.4. The normalized spacial score (nSPS) is 33.1. The van der Waals surface area contributed by atoms with Crippen molar-refractivity contribution in [2.45, 2.75) is 46.1 Å². The number of nitrogens with two attached hydrogens (primary N) is 1. The maximum atomic E-state index is 13.9. The summed E-state index contributed by atoms with van der Waals surface area (Å²) in [5.41, 5.74) is 6.29. The van der Waals surface area contributed by atoms with Crippen molar-refractivity contribution in [3.05, 3.63) is 29.6 Å². The van der Waals surface area contributed by atoms with Gasteiger partial charge in [-0.1, -0.05) is 20.8 Å². The molecule has 1 amide bonds. The first-order chi connectivity index (χ1) is 9.74. The van der Waals surface area contributed by atoms with Crippen LogP contribution >= 0.6 is 0 Å². The van der Waals surface area contributed by atoms with Crippen LogP contribution in [0.25, 0.3) is 0 Å². The van der Waals surface area contributed by atoms with Crippen LogP contribution in [0.4, 0.5) is 10.1 Å². The molecule has 3 atom stereocenters. The van der Waals surface area contributed by atoms with Crippen LogP contribution < -0.4 is 11.1 Å². The molecule has 0 saturated heterocycles. The molecule has 0 radical (unpaired) electrons. The van der Waals surface area contributed by atoms with Crippen molar-refractivity contribution in [2.75, 3.05) is 5.73 Å². The highest BCUT2D eigenvalue weighted by Crippen LogP contribution is 2.62. The van der Waals surface area contributed by atoms with Crippen LogP contribution in [0.5, 0.6) is 0 Å². The van der Waals surface area contributed by atoms with Crippen LogP contribution in [-0.2, 0) is 0 Å². The number of nitrogen functional groups attached to an aromatic ring is 1. The summed E-state index contributed by atoms with van der Waals surface area (Å²) in [4.78, 5) is 12.5. The summed E-state index contributed by atoms with van der Waals surface area (Å²) >= 11 is 0. The average molecular weight is 290 g/mol. The fourth-order valence-corrected chi connectivity index (χ4v) is 4.59. The van der Waals surface area contributed by atoms with Crippen molar-refractivity contribution in [3.8, 4) is 0 Å². The van der Waals surface area contributed by atoms with Gasteiger partial charge in [0.05, 0.1) is 5.56 Å². The number of hydrogen-bond donors (Lipinski definition) is 2. The van der Waals surface area contributed by atoms with E-state index in [0.29, 0.717) is 11.6 Å². The molecule has 3 nitrogen and oxygen atoms in total. The summed E-state index contributed by atoms with van der Waals surface area (Å²) in [6.07, 6.45) is 3.50. The fourth-order valence-electron chi connectivity index (χ4n) is 4.59. The molecule has 0 aliphatic heterocycles. The summed E-state index contributed by atoms with van der Waals surface area (Å²) in [6, 6.07) is 4.21. The summed E-state index contributed by atoms with van der Waals surface area (Å²) in [5.74, 6) is -0.238. The number of fused-ring (bicyclic) bond motifs is 2. The number of benzene rings is 1. The molecule has 3 N–H and O–H groups in total. The summed E-state index contributed by atoms with van der Waals surface area (Å²) in [5, 5.41) is 3.09. The number of anilines is 1. The molecule has 114 valence electrons. The largest absolute Gasteiger partial charge is 0.399 e. The highest BCUT2D eigenvalue weighted by molar-refractivity contribution is 5.95. The van der Waals surface area contributed by atoms with Gasteiger partial charge in [-0.25, -0.2) is 4.39 Å². The van der Waals surface area contributed by atoms with Crippen LogP contribution in [0.1, 0.15) is 50.4 Å². The van der Waals surface area contributed by atoms with Gasteiger partial charge in [0, 0.05) is 11.7 Å². The Labute approximate surface area is 125 Å². The Morgan fingerprint density at radius 2 is 2.10 bits per heavy atom. The maximum absolute atomic E-state index is 13.9. The monoisotopic (exact) mass is 290 g/mol. The van der Waals surface area contributed by atoms with E-state index in [1.807, 2.05) is 0 Å². The second-order valence-corrected chi connectivity index (χ2v) is 7.56. The summed E-state index contributed by atoms with van der Waals surface area (Å²) in [6.45, 7) is 6.66. The van der Waals surface area contributed by atoms with E-state index in [9.17, 15) is 9.18 Å². The first-order valence-corrected chi connectivity index (χ1v) is 7.60. The smallest absolute Gasteiger partial charge is 0.254 e. The summed E-state index contributed by atoms with van der Waals surface area (Å²) < 4.78 is 13.9. The van der Waals surface area contributed by atoms with E-state index in [2.05, 4.69) is 26.1 Å². The number of amides is 1. The average Bonchev–Trinajstić information content (AvgIpc) is 2.88. The lowest BCUT2D eigenvalue weighted by Crippen LogP contribution is -2.52. The Bertz CT molecular complexity index is 594. The molecule has 2 aliphatic rings. The van der Waals surface area contributed by atoms with Gasteiger partial charge in [0.2, 0.25) is 0 Å². The molecule has 0 spiro atoms. The Morgan fingerprint density at radius 3 is 2.71 bits per heavy atom. The molecule has 4 heteroatoms.